The van der Waals surface area contributed by atoms with E-state index < -0.39 is 5.63 Å². The Bertz CT molecular complexity index is 1370. The van der Waals surface area contributed by atoms with Crippen LogP contribution < -0.4 is 20.0 Å². The second-order valence-electron chi connectivity index (χ2n) is 10.1. The standard InChI is InChI=1S/C30H34N2O7/c33-29(32-11-13-35-15-17-37-25-7-1-2-8-26(25)38-18-16-36-14-12-32)24-20-22-19-21-5-3-9-31-10-4-6-23(27(21)31)28(22)39-30(24)34/h1-2,7-8,19-20H,3-6,9-18H2. The maximum atomic E-state index is 13.6. The molecule has 9 heteroatoms. The molecule has 0 saturated heterocycles. The molecule has 6 rings (SSSR count). The highest BCUT2D eigenvalue weighted by atomic mass is 16.6. The van der Waals surface area contributed by atoms with Crippen LogP contribution in [-0.2, 0) is 22.3 Å². The zero-order chi connectivity index (χ0) is 26.6. The molecule has 0 fully saturated rings. The Balaban J connectivity index is 1.21. The molecule has 0 saturated carbocycles. The lowest BCUT2D eigenvalue weighted by Gasteiger charge is -2.37. The van der Waals surface area contributed by atoms with Gasteiger partial charge in [0.2, 0.25) is 0 Å². The molecule has 1 aromatic heterocycles. The fourth-order valence-corrected chi connectivity index (χ4v) is 5.74. The third kappa shape index (κ3) is 5.46. The molecule has 9 nitrogen and oxygen atoms in total. The molecule has 0 N–H and O–H groups in total. The average molecular weight is 535 g/mol. The fourth-order valence-electron chi connectivity index (χ4n) is 5.74. The SMILES string of the molecule is O=C(c1cc2cc3c4c(c2oc1=O)CCCN4CCC3)N1CCOCCOc2ccccc2OCCOCC1. The molecule has 0 atom stereocenters. The van der Waals surface area contributed by atoms with Crippen molar-refractivity contribution in [2.24, 2.45) is 0 Å². The van der Waals surface area contributed by atoms with Gasteiger partial charge in [0, 0.05) is 42.8 Å². The van der Waals surface area contributed by atoms with E-state index in [9.17, 15) is 9.59 Å². The second kappa shape index (κ2) is 11.7. The Morgan fingerprint density at radius 2 is 1.44 bits per heavy atom. The maximum Gasteiger partial charge on any atom is 0.349 e. The quantitative estimate of drug-likeness (QED) is 0.439. The minimum absolute atomic E-state index is 0.0400. The van der Waals surface area contributed by atoms with Crippen molar-refractivity contribution in [3.63, 3.8) is 0 Å². The summed E-state index contributed by atoms with van der Waals surface area (Å²) in [5.74, 6) is 0.924. The molecule has 206 valence electrons. The summed E-state index contributed by atoms with van der Waals surface area (Å²) in [6.07, 6.45) is 4.02. The summed E-state index contributed by atoms with van der Waals surface area (Å²) in [6, 6.07) is 11.3. The van der Waals surface area contributed by atoms with Crippen LogP contribution in [-0.4, -0.2) is 76.6 Å². The van der Waals surface area contributed by atoms with Crippen molar-refractivity contribution in [3.8, 4) is 11.5 Å². The number of ether oxygens (including phenoxy) is 4. The van der Waals surface area contributed by atoms with Gasteiger partial charge in [-0.15, -0.1) is 0 Å². The predicted octanol–water partition coefficient (Wildman–Crippen LogP) is 3.44. The molecule has 0 radical (unpaired) electrons. The van der Waals surface area contributed by atoms with E-state index in [1.165, 1.54) is 11.3 Å². The van der Waals surface area contributed by atoms with Crippen molar-refractivity contribution in [3.05, 3.63) is 63.5 Å². The smallest absolute Gasteiger partial charge is 0.349 e. The number of hydrogen-bond acceptors (Lipinski definition) is 8. The van der Waals surface area contributed by atoms with Crippen LogP contribution in [0.5, 0.6) is 11.5 Å². The lowest BCUT2D eigenvalue weighted by molar-refractivity contribution is 0.0459. The number of carbonyl (C=O) groups excluding carboxylic acids is 1. The highest BCUT2D eigenvalue weighted by Crippen LogP contribution is 2.39. The van der Waals surface area contributed by atoms with Gasteiger partial charge in [0.05, 0.1) is 26.4 Å². The fraction of sp³-hybridized carbons (Fsp3) is 0.467. The molecule has 2 aromatic carbocycles. The van der Waals surface area contributed by atoms with E-state index in [0.29, 0.717) is 69.8 Å². The van der Waals surface area contributed by atoms with Crippen molar-refractivity contribution in [2.45, 2.75) is 25.7 Å². The number of rotatable bonds is 1. The van der Waals surface area contributed by atoms with Crippen LogP contribution in [0.15, 0.2) is 45.6 Å². The molecule has 0 spiro atoms. The number of aryl methyl sites for hydroxylation is 2. The summed E-state index contributed by atoms with van der Waals surface area (Å²) in [7, 11) is 0. The summed E-state index contributed by atoms with van der Waals surface area (Å²) >= 11 is 0. The Hall–Kier alpha value is -3.56. The topological polar surface area (TPSA) is 90.7 Å². The number of nitrogens with zero attached hydrogens (tertiary/aromatic N) is 2. The molecule has 0 aliphatic carbocycles. The number of para-hydroxylation sites is 2. The Morgan fingerprint density at radius 3 is 2.13 bits per heavy atom. The zero-order valence-corrected chi connectivity index (χ0v) is 22.1. The van der Waals surface area contributed by atoms with Gasteiger partial charge in [0.25, 0.3) is 5.91 Å². The van der Waals surface area contributed by atoms with Gasteiger partial charge in [0.1, 0.15) is 24.4 Å². The minimum Gasteiger partial charge on any atom is -0.487 e. The van der Waals surface area contributed by atoms with Gasteiger partial charge in [0.15, 0.2) is 11.5 Å². The second-order valence-corrected chi connectivity index (χ2v) is 10.1. The van der Waals surface area contributed by atoms with Gasteiger partial charge in [-0.1, -0.05) is 12.1 Å². The number of carbonyl (C=O) groups is 1. The summed E-state index contributed by atoms with van der Waals surface area (Å²) in [6.45, 7) is 4.74. The molecule has 3 aliphatic rings. The molecule has 1 amide bonds. The van der Waals surface area contributed by atoms with Gasteiger partial charge < -0.3 is 33.2 Å². The van der Waals surface area contributed by atoms with Gasteiger partial charge in [-0.2, -0.15) is 0 Å². The van der Waals surface area contributed by atoms with E-state index in [1.54, 1.807) is 11.0 Å². The monoisotopic (exact) mass is 534 g/mol. The first-order chi connectivity index (χ1) is 19.2. The lowest BCUT2D eigenvalue weighted by atomic mass is 9.90. The highest BCUT2D eigenvalue weighted by Gasteiger charge is 2.28. The predicted molar refractivity (Wildman–Crippen MR) is 146 cm³/mol. The highest BCUT2D eigenvalue weighted by molar-refractivity contribution is 5.98. The van der Waals surface area contributed by atoms with Gasteiger partial charge in [-0.05, 0) is 55.5 Å². The molecule has 3 aliphatic heterocycles. The van der Waals surface area contributed by atoms with E-state index >= 15 is 0 Å². The van der Waals surface area contributed by atoms with Crippen molar-refractivity contribution in [1.82, 2.24) is 4.90 Å². The Labute approximate surface area is 227 Å². The number of fused-ring (bicyclic) bond motifs is 3. The molecule has 0 unspecified atom stereocenters. The summed E-state index contributed by atoms with van der Waals surface area (Å²) in [5.41, 5.74) is 3.67. The summed E-state index contributed by atoms with van der Waals surface area (Å²) in [4.78, 5) is 30.8. The molecule has 39 heavy (non-hydrogen) atoms. The van der Waals surface area contributed by atoms with Crippen LogP contribution in [0, 0.1) is 0 Å². The van der Waals surface area contributed by atoms with Crippen molar-refractivity contribution >= 4 is 22.6 Å². The number of benzene rings is 2. The molecule has 0 bridgehead atoms. The van der Waals surface area contributed by atoms with Gasteiger partial charge in [-0.3, -0.25) is 4.79 Å². The van der Waals surface area contributed by atoms with Crippen molar-refractivity contribution in [1.29, 1.82) is 0 Å². The number of hydrogen-bond donors (Lipinski definition) is 0. The Kier molecular flexibility index (Phi) is 7.69. The van der Waals surface area contributed by atoms with E-state index in [-0.39, 0.29) is 11.5 Å². The largest absolute Gasteiger partial charge is 0.487 e. The third-order valence-electron chi connectivity index (χ3n) is 7.56. The van der Waals surface area contributed by atoms with Crippen LogP contribution >= 0.6 is 0 Å². The Morgan fingerprint density at radius 1 is 0.769 bits per heavy atom. The first kappa shape index (κ1) is 25.7. The van der Waals surface area contributed by atoms with Crippen molar-refractivity contribution < 1.29 is 28.2 Å². The molecular formula is C30H34N2O7. The van der Waals surface area contributed by atoms with Gasteiger partial charge >= 0.3 is 5.63 Å². The number of anilines is 1. The van der Waals surface area contributed by atoms with Gasteiger partial charge in [-0.25, -0.2) is 4.79 Å². The normalized spacial score (nSPS) is 18.7. The van der Waals surface area contributed by atoms with Crippen LogP contribution in [0.1, 0.15) is 34.3 Å². The summed E-state index contributed by atoms with van der Waals surface area (Å²) in [5, 5.41) is 0.815. The van der Waals surface area contributed by atoms with Crippen LogP contribution in [0.3, 0.4) is 0 Å². The first-order valence-electron chi connectivity index (χ1n) is 13.9. The molecule has 4 heterocycles. The number of amides is 1. The first-order valence-corrected chi connectivity index (χ1v) is 13.9. The zero-order valence-electron chi connectivity index (χ0n) is 22.1. The van der Waals surface area contributed by atoms with E-state index in [1.807, 2.05) is 24.3 Å². The lowest BCUT2D eigenvalue weighted by Crippen LogP contribution is -2.39. The van der Waals surface area contributed by atoms with E-state index in [4.69, 9.17) is 23.4 Å². The van der Waals surface area contributed by atoms with Crippen molar-refractivity contribution in [2.75, 3.05) is 70.7 Å². The summed E-state index contributed by atoms with van der Waals surface area (Å²) < 4.78 is 29.0. The molecular weight excluding hydrogens is 500 g/mol. The van der Waals surface area contributed by atoms with E-state index in [0.717, 1.165) is 49.7 Å². The van der Waals surface area contributed by atoms with Crippen LogP contribution in [0.2, 0.25) is 0 Å². The maximum absolute atomic E-state index is 13.6. The van der Waals surface area contributed by atoms with Crippen LogP contribution in [0.4, 0.5) is 5.69 Å². The average Bonchev–Trinajstić information content (AvgIpc) is 2.96. The van der Waals surface area contributed by atoms with E-state index in [2.05, 4.69) is 11.0 Å². The third-order valence-corrected chi connectivity index (χ3v) is 7.56. The van der Waals surface area contributed by atoms with Crippen LogP contribution in [0.25, 0.3) is 11.0 Å². The minimum atomic E-state index is -0.603. The molecule has 3 aromatic rings.